The molecule has 0 fully saturated rings. The van der Waals surface area contributed by atoms with Gasteiger partial charge in [-0.05, 0) is 36.8 Å². The Morgan fingerprint density at radius 1 is 1.60 bits per heavy atom. The maximum atomic E-state index is 5.58. The summed E-state index contributed by atoms with van der Waals surface area (Å²) in [5.74, 6) is 0. The van der Waals surface area contributed by atoms with Crippen molar-refractivity contribution in [1.82, 2.24) is 20.3 Å². The molecule has 1 rings (SSSR count). The molecule has 0 radical (unpaired) electrons. The molecule has 5 nitrogen and oxygen atoms in total. The largest absolute Gasteiger partial charge is 0.377 e. The maximum absolute atomic E-state index is 5.58. The lowest BCUT2D eigenvalue weighted by atomic mass is 10.1. The topological polar surface area (TPSA) is 52.0 Å². The van der Waals surface area contributed by atoms with Gasteiger partial charge in [-0.3, -0.25) is 0 Å². The van der Waals surface area contributed by atoms with Crippen molar-refractivity contribution in [3.63, 3.8) is 0 Å². The van der Waals surface area contributed by atoms with Crippen LogP contribution in [0, 0.1) is 0 Å². The maximum Gasteiger partial charge on any atom is 0.153 e. The minimum Gasteiger partial charge on any atom is -0.377 e. The van der Waals surface area contributed by atoms with Crippen LogP contribution in [0.1, 0.15) is 25.6 Å². The minimum atomic E-state index is 0.0773. The predicted molar refractivity (Wildman–Crippen MR) is 61.6 cm³/mol. The van der Waals surface area contributed by atoms with E-state index in [4.69, 9.17) is 4.74 Å². The Balaban J connectivity index is 2.91. The Morgan fingerprint density at radius 3 is 2.67 bits per heavy atom. The molecule has 0 bridgehead atoms. The van der Waals surface area contributed by atoms with Crippen LogP contribution in [0.15, 0.2) is 4.60 Å². The van der Waals surface area contributed by atoms with E-state index in [1.165, 1.54) is 0 Å². The molecule has 0 spiro atoms. The summed E-state index contributed by atoms with van der Waals surface area (Å²) >= 11 is 3.39. The van der Waals surface area contributed by atoms with Gasteiger partial charge in [0.25, 0.3) is 0 Å². The van der Waals surface area contributed by atoms with E-state index < -0.39 is 0 Å². The first-order valence-corrected chi connectivity index (χ1v) is 5.75. The summed E-state index contributed by atoms with van der Waals surface area (Å²) in [6, 6.07) is 0.0827. The number of hydrogen-bond donors (Lipinski definition) is 1. The molecule has 0 saturated carbocycles. The molecule has 0 aliphatic carbocycles. The molecule has 1 N–H and O–H groups in total. The number of ether oxygens (including phenoxy) is 1. The summed E-state index contributed by atoms with van der Waals surface area (Å²) in [5.41, 5.74) is 0.999. The Labute approximate surface area is 98.3 Å². The number of halogens is 1. The SMILES string of the molecule is CCOC(C)C(NC)c1c(Br)nnn1C. The summed E-state index contributed by atoms with van der Waals surface area (Å²) in [5, 5.41) is 11.1. The highest BCUT2D eigenvalue weighted by molar-refractivity contribution is 9.10. The van der Waals surface area contributed by atoms with Crippen LogP contribution in [-0.4, -0.2) is 34.8 Å². The number of hydrogen-bond acceptors (Lipinski definition) is 4. The second kappa shape index (κ2) is 5.58. The number of nitrogens with one attached hydrogen (secondary N) is 1. The van der Waals surface area contributed by atoms with E-state index in [1.807, 2.05) is 27.9 Å². The highest BCUT2D eigenvalue weighted by atomic mass is 79.9. The molecule has 1 aromatic rings. The molecule has 2 unspecified atom stereocenters. The molecular formula is C9H17BrN4O. The van der Waals surface area contributed by atoms with Crippen LogP contribution in [0.4, 0.5) is 0 Å². The molecule has 1 aromatic heterocycles. The molecular weight excluding hydrogens is 260 g/mol. The summed E-state index contributed by atoms with van der Waals surface area (Å²) < 4.78 is 8.09. The van der Waals surface area contributed by atoms with Crippen molar-refractivity contribution < 1.29 is 4.74 Å². The van der Waals surface area contributed by atoms with Gasteiger partial charge in [0, 0.05) is 13.7 Å². The first-order valence-electron chi connectivity index (χ1n) is 4.95. The van der Waals surface area contributed by atoms with Crippen LogP contribution in [0.3, 0.4) is 0 Å². The van der Waals surface area contributed by atoms with Crippen LogP contribution in [0.5, 0.6) is 0 Å². The lowest BCUT2D eigenvalue weighted by molar-refractivity contribution is 0.0470. The third-order valence-electron chi connectivity index (χ3n) is 2.33. The van der Waals surface area contributed by atoms with Gasteiger partial charge in [-0.25, -0.2) is 4.68 Å². The van der Waals surface area contributed by atoms with Gasteiger partial charge in [-0.2, -0.15) is 0 Å². The van der Waals surface area contributed by atoms with Gasteiger partial charge in [0.05, 0.1) is 17.8 Å². The molecule has 1 heterocycles. The average molecular weight is 277 g/mol. The van der Waals surface area contributed by atoms with Gasteiger partial charge in [0.1, 0.15) is 0 Å². The molecule has 0 amide bonds. The van der Waals surface area contributed by atoms with Crippen molar-refractivity contribution in [2.75, 3.05) is 13.7 Å². The second-order valence-corrected chi connectivity index (χ2v) is 4.07. The zero-order valence-electron chi connectivity index (χ0n) is 9.49. The number of likely N-dealkylation sites (N-methyl/N-ethyl adjacent to an activating group) is 1. The lowest BCUT2D eigenvalue weighted by Crippen LogP contribution is -2.31. The van der Waals surface area contributed by atoms with Crippen LogP contribution < -0.4 is 5.32 Å². The normalized spacial score (nSPS) is 15.3. The Hall–Kier alpha value is -0.460. The second-order valence-electron chi connectivity index (χ2n) is 3.32. The van der Waals surface area contributed by atoms with Crippen LogP contribution >= 0.6 is 15.9 Å². The number of rotatable bonds is 5. The highest BCUT2D eigenvalue weighted by Crippen LogP contribution is 2.24. The average Bonchev–Trinajstić information content (AvgIpc) is 2.51. The summed E-state index contributed by atoms with van der Waals surface area (Å²) in [6.45, 7) is 4.71. The van der Waals surface area contributed by atoms with Crippen LogP contribution in [-0.2, 0) is 11.8 Å². The third-order valence-corrected chi connectivity index (χ3v) is 2.90. The van der Waals surface area contributed by atoms with E-state index in [2.05, 4.69) is 31.6 Å². The van der Waals surface area contributed by atoms with E-state index in [0.29, 0.717) is 6.61 Å². The van der Waals surface area contributed by atoms with Crippen LogP contribution in [0.25, 0.3) is 0 Å². The molecule has 86 valence electrons. The first kappa shape index (κ1) is 12.6. The van der Waals surface area contributed by atoms with Crippen molar-refractivity contribution in [2.24, 2.45) is 7.05 Å². The molecule has 0 aromatic carbocycles. The van der Waals surface area contributed by atoms with Crippen molar-refractivity contribution in [2.45, 2.75) is 26.0 Å². The summed E-state index contributed by atoms with van der Waals surface area (Å²) in [4.78, 5) is 0. The standard InChI is InChI=1S/C9H17BrN4O/c1-5-15-6(2)7(11-3)8-9(10)12-13-14(8)4/h6-7,11H,5H2,1-4H3. The molecule has 2 atom stereocenters. The smallest absolute Gasteiger partial charge is 0.153 e. The van der Waals surface area contributed by atoms with E-state index in [0.717, 1.165) is 10.3 Å². The molecule has 0 aliphatic rings. The number of aryl methyl sites for hydroxylation is 1. The van der Waals surface area contributed by atoms with Crippen molar-refractivity contribution >= 4 is 15.9 Å². The molecule has 6 heteroatoms. The Morgan fingerprint density at radius 2 is 2.27 bits per heavy atom. The van der Waals surface area contributed by atoms with Gasteiger partial charge in [-0.1, -0.05) is 5.21 Å². The molecule has 0 saturated heterocycles. The van der Waals surface area contributed by atoms with E-state index in [9.17, 15) is 0 Å². The lowest BCUT2D eigenvalue weighted by Gasteiger charge is -2.23. The summed E-state index contributed by atoms with van der Waals surface area (Å²) in [6.07, 6.45) is 0.0773. The Kier molecular flexibility index (Phi) is 4.69. The van der Waals surface area contributed by atoms with Crippen molar-refractivity contribution in [3.05, 3.63) is 10.3 Å². The van der Waals surface area contributed by atoms with Gasteiger partial charge >= 0.3 is 0 Å². The van der Waals surface area contributed by atoms with Gasteiger partial charge in [0.15, 0.2) is 4.60 Å². The predicted octanol–water partition coefficient (Wildman–Crippen LogP) is 1.26. The molecule has 15 heavy (non-hydrogen) atoms. The fraction of sp³-hybridized carbons (Fsp3) is 0.778. The zero-order valence-corrected chi connectivity index (χ0v) is 11.1. The van der Waals surface area contributed by atoms with Crippen molar-refractivity contribution in [3.8, 4) is 0 Å². The van der Waals surface area contributed by atoms with Crippen LogP contribution in [0.2, 0.25) is 0 Å². The van der Waals surface area contributed by atoms with Gasteiger partial charge in [0.2, 0.25) is 0 Å². The zero-order chi connectivity index (χ0) is 11.4. The molecule has 0 aliphatic heterocycles. The van der Waals surface area contributed by atoms with E-state index >= 15 is 0 Å². The van der Waals surface area contributed by atoms with Crippen molar-refractivity contribution in [1.29, 1.82) is 0 Å². The first-order chi connectivity index (χ1) is 7.11. The quantitative estimate of drug-likeness (QED) is 0.880. The van der Waals surface area contributed by atoms with Gasteiger partial charge < -0.3 is 10.1 Å². The minimum absolute atomic E-state index is 0.0773. The fourth-order valence-corrected chi connectivity index (χ4v) is 2.20. The van der Waals surface area contributed by atoms with E-state index in [1.54, 1.807) is 4.68 Å². The monoisotopic (exact) mass is 276 g/mol. The van der Waals surface area contributed by atoms with Gasteiger partial charge in [-0.15, -0.1) is 5.10 Å². The number of aromatic nitrogens is 3. The Bertz CT molecular complexity index is 296. The summed E-state index contributed by atoms with van der Waals surface area (Å²) in [7, 11) is 3.77. The number of nitrogens with zero attached hydrogens (tertiary/aromatic N) is 3. The third kappa shape index (κ3) is 2.76. The van der Waals surface area contributed by atoms with E-state index in [-0.39, 0.29) is 12.1 Å². The fourth-order valence-electron chi connectivity index (χ4n) is 1.62. The highest BCUT2D eigenvalue weighted by Gasteiger charge is 2.24.